The van der Waals surface area contributed by atoms with Gasteiger partial charge in [0.15, 0.2) is 11.2 Å². The molecule has 1 aromatic carbocycles. The highest BCUT2D eigenvalue weighted by molar-refractivity contribution is 6.42. The van der Waals surface area contributed by atoms with E-state index in [1.807, 2.05) is 0 Å². The molecular formula is C19H21Cl2N5O3. The summed E-state index contributed by atoms with van der Waals surface area (Å²) in [5, 5.41) is 14.1. The van der Waals surface area contributed by atoms with Gasteiger partial charge < -0.3 is 15.0 Å². The van der Waals surface area contributed by atoms with Crippen LogP contribution in [-0.2, 0) is 20.6 Å². The molecule has 0 saturated heterocycles. The lowest BCUT2D eigenvalue weighted by atomic mass is 10.2. The first-order valence-corrected chi connectivity index (χ1v) is 10.1. The number of imidazole rings is 1. The van der Waals surface area contributed by atoms with Crippen molar-refractivity contribution >= 4 is 40.3 Å². The second-order valence-corrected chi connectivity index (χ2v) is 8.21. The van der Waals surface area contributed by atoms with Crippen LogP contribution in [0.4, 0.5) is 5.95 Å². The number of anilines is 1. The third kappa shape index (κ3) is 3.45. The van der Waals surface area contributed by atoms with Crippen LogP contribution in [0.2, 0.25) is 10.0 Å². The van der Waals surface area contributed by atoms with Crippen molar-refractivity contribution in [3.63, 3.8) is 0 Å². The summed E-state index contributed by atoms with van der Waals surface area (Å²) < 4.78 is 4.13. The number of hydrogen-bond acceptors (Lipinski definition) is 5. The molecule has 1 fully saturated rings. The first kappa shape index (κ1) is 20.0. The van der Waals surface area contributed by atoms with Crippen molar-refractivity contribution in [2.45, 2.75) is 38.0 Å². The zero-order chi connectivity index (χ0) is 20.9. The Balaban J connectivity index is 1.80. The summed E-state index contributed by atoms with van der Waals surface area (Å²) >= 11 is 12.0. The van der Waals surface area contributed by atoms with Crippen LogP contribution in [0, 0.1) is 0 Å². The van der Waals surface area contributed by atoms with Gasteiger partial charge in [-0.1, -0.05) is 29.3 Å². The fraction of sp³-hybridized carbons (Fsp3) is 0.421. The van der Waals surface area contributed by atoms with Crippen molar-refractivity contribution < 1.29 is 5.11 Å². The van der Waals surface area contributed by atoms with Gasteiger partial charge in [-0.15, -0.1) is 0 Å². The molecule has 1 saturated carbocycles. The first-order valence-electron chi connectivity index (χ1n) is 9.32. The molecule has 0 radical (unpaired) electrons. The van der Waals surface area contributed by atoms with Crippen LogP contribution in [0.1, 0.15) is 24.8 Å². The number of benzene rings is 1. The molecule has 8 nitrogen and oxygen atoms in total. The number of aliphatic hydroxyl groups is 1. The lowest BCUT2D eigenvalue weighted by molar-refractivity contribution is 0.171. The fourth-order valence-corrected chi connectivity index (χ4v) is 4.13. The van der Waals surface area contributed by atoms with Gasteiger partial charge >= 0.3 is 5.69 Å². The monoisotopic (exact) mass is 437 g/mol. The van der Waals surface area contributed by atoms with Gasteiger partial charge in [0.1, 0.15) is 0 Å². The third-order valence-corrected chi connectivity index (χ3v) is 6.22. The van der Waals surface area contributed by atoms with Gasteiger partial charge in [0.25, 0.3) is 5.56 Å². The Morgan fingerprint density at radius 1 is 1.17 bits per heavy atom. The van der Waals surface area contributed by atoms with Gasteiger partial charge in [-0.2, -0.15) is 4.98 Å². The van der Waals surface area contributed by atoms with E-state index in [9.17, 15) is 14.7 Å². The SMILES string of the molecule is Cn1c(N[C@H]2CCC[C@H]2O)nc2c1c(=O)n(Cc1ccc(Cl)c(Cl)c1)c(=O)n2C. The second-order valence-electron chi connectivity index (χ2n) is 7.40. The van der Waals surface area contributed by atoms with E-state index in [0.717, 1.165) is 23.8 Å². The second kappa shape index (κ2) is 7.51. The van der Waals surface area contributed by atoms with E-state index in [4.69, 9.17) is 23.2 Å². The molecule has 29 heavy (non-hydrogen) atoms. The highest BCUT2D eigenvalue weighted by Crippen LogP contribution is 2.24. The number of fused-ring (bicyclic) bond motifs is 1. The van der Waals surface area contributed by atoms with E-state index >= 15 is 0 Å². The smallest absolute Gasteiger partial charge is 0.332 e. The lowest BCUT2D eigenvalue weighted by Gasteiger charge is -2.16. The molecule has 1 aliphatic rings. The summed E-state index contributed by atoms with van der Waals surface area (Å²) in [7, 11) is 3.30. The Kier molecular flexibility index (Phi) is 5.18. The Hall–Kier alpha value is -2.29. The van der Waals surface area contributed by atoms with Gasteiger partial charge in [0, 0.05) is 14.1 Å². The number of hydrogen-bond donors (Lipinski definition) is 2. The minimum atomic E-state index is -0.473. The molecule has 2 aromatic heterocycles. The molecule has 154 valence electrons. The van der Waals surface area contributed by atoms with Crippen molar-refractivity contribution in [3.05, 3.63) is 54.6 Å². The molecule has 0 bridgehead atoms. The van der Waals surface area contributed by atoms with Crippen molar-refractivity contribution in [1.82, 2.24) is 18.7 Å². The average molecular weight is 438 g/mol. The molecule has 2 N–H and O–H groups in total. The van der Waals surface area contributed by atoms with Gasteiger partial charge in [-0.3, -0.25) is 13.9 Å². The van der Waals surface area contributed by atoms with E-state index in [1.165, 1.54) is 4.57 Å². The van der Waals surface area contributed by atoms with Crippen molar-refractivity contribution in [3.8, 4) is 0 Å². The van der Waals surface area contributed by atoms with Crippen LogP contribution < -0.4 is 16.6 Å². The summed E-state index contributed by atoms with van der Waals surface area (Å²) in [6.07, 6.45) is 2.03. The van der Waals surface area contributed by atoms with Crippen LogP contribution in [0.3, 0.4) is 0 Å². The molecule has 2 heterocycles. The number of nitrogens with one attached hydrogen (secondary N) is 1. The molecule has 2 atom stereocenters. The summed E-state index contributed by atoms with van der Waals surface area (Å²) in [5.41, 5.74) is 0.376. The Labute approximate surface area is 176 Å². The number of nitrogens with zero attached hydrogens (tertiary/aromatic N) is 4. The fourth-order valence-electron chi connectivity index (χ4n) is 3.81. The number of rotatable bonds is 4. The predicted octanol–water partition coefficient (Wildman–Crippen LogP) is 2.11. The van der Waals surface area contributed by atoms with Crippen molar-refractivity contribution in [2.75, 3.05) is 5.32 Å². The van der Waals surface area contributed by atoms with E-state index in [1.54, 1.807) is 36.9 Å². The highest BCUT2D eigenvalue weighted by atomic mass is 35.5. The maximum Gasteiger partial charge on any atom is 0.332 e. The third-order valence-electron chi connectivity index (χ3n) is 5.48. The minimum absolute atomic E-state index is 0.0631. The molecule has 0 amide bonds. The lowest BCUT2D eigenvalue weighted by Crippen LogP contribution is -2.39. The van der Waals surface area contributed by atoms with Crippen LogP contribution in [-0.4, -0.2) is 35.9 Å². The molecule has 4 rings (SSSR count). The highest BCUT2D eigenvalue weighted by Gasteiger charge is 2.27. The van der Waals surface area contributed by atoms with Crippen LogP contribution in [0.15, 0.2) is 27.8 Å². The summed E-state index contributed by atoms with van der Waals surface area (Å²) in [6.45, 7) is 0.0631. The maximum atomic E-state index is 13.1. The Morgan fingerprint density at radius 3 is 2.59 bits per heavy atom. The summed E-state index contributed by atoms with van der Waals surface area (Å²) in [4.78, 5) is 30.4. The molecule has 0 unspecified atom stereocenters. The molecular weight excluding hydrogens is 417 g/mol. The Morgan fingerprint density at radius 2 is 1.93 bits per heavy atom. The van der Waals surface area contributed by atoms with Crippen molar-refractivity contribution in [2.24, 2.45) is 14.1 Å². The Bertz CT molecular complexity index is 1210. The molecule has 0 spiro atoms. The zero-order valence-electron chi connectivity index (χ0n) is 16.0. The number of aliphatic hydroxyl groups excluding tert-OH is 1. The maximum absolute atomic E-state index is 13.1. The van der Waals surface area contributed by atoms with Crippen molar-refractivity contribution in [1.29, 1.82) is 0 Å². The number of aryl methyl sites for hydroxylation is 2. The molecule has 3 aromatic rings. The van der Waals surface area contributed by atoms with E-state index in [-0.39, 0.29) is 12.6 Å². The molecule has 0 aliphatic heterocycles. The average Bonchev–Trinajstić information content (AvgIpc) is 3.24. The van der Waals surface area contributed by atoms with Crippen LogP contribution in [0.25, 0.3) is 11.2 Å². The normalized spacial score (nSPS) is 19.2. The number of aromatic nitrogens is 4. The first-order chi connectivity index (χ1) is 13.8. The van der Waals surface area contributed by atoms with Gasteiger partial charge in [-0.05, 0) is 37.0 Å². The standard InChI is InChI=1S/C19H21Cl2N5O3/c1-24-15-16(23-18(24)22-13-4-3-5-14(13)27)25(2)19(29)26(17(15)28)9-10-6-7-11(20)12(21)8-10/h6-8,13-14,27H,3-5,9H2,1-2H3,(H,22,23)/t13-,14+/m0/s1. The summed E-state index contributed by atoms with van der Waals surface area (Å²) in [6, 6.07) is 4.87. The molecule has 1 aliphatic carbocycles. The topological polar surface area (TPSA) is 94.1 Å². The quantitative estimate of drug-likeness (QED) is 0.651. The van der Waals surface area contributed by atoms with Gasteiger partial charge in [-0.25, -0.2) is 4.79 Å². The summed E-state index contributed by atoms with van der Waals surface area (Å²) in [5.74, 6) is 0.449. The zero-order valence-corrected chi connectivity index (χ0v) is 17.5. The number of halogens is 2. The van der Waals surface area contributed by atoms with Gasteiger partial charge in [0.05, 0.1) is 28.7 Å². The van der Waals surface area contributed by atoms with E-state index < -0.39 is 17.4 Å². The molecule has 10 heteroatoms. The van der Waals surface area contributed by atoms with E-state index in [2.05, 4.69) is 10.3 Å². The van der Waals surface area contributed by atoms with E-state index in [0.29, 0.717) is 32.7 Å². The predicted molar refractivity (Wildman–Crippen MR) is 113 cm³/mol. The van der Waals surface area contributed by atoms with Crippen LogP contribution >= 0.6 is 23.2 Å². The van der Waals surface area contributed by atoms with Crippen LogP contribution in [0.5, 0.6) is 0 Å². The largest absolute Gasteiger partial charge is 0.391 e. The van der Waals surface area contributed by atoms with Gasteiger partial charge in [0.2, 0.25) is 5.95 Å². The minimum Gasteiger partial charge on any atom is -0.391 e.